The highest BCUT2D eigenvalue weighted by Gasteiger charge is 2.39. The monoisotopic (exact) mass is 249 g/mol. The molecule has 1 saturated carbocycles. The Morgan fingerprint density at radius 2 is 2.33 bits per heavy atom. The minimum absolute atomic E-state index is 0.170. The second-order valence-electron chi connectivity index (χ2n) is 6.25. The van der Waals surface area contributed by atoms with Gasteiger partial charge in [0.15, 0.2) is 0 Å². The maximum absolute atomic E-state index is 9.82. The zero-order chi connectivity index (χ0) is 12.4. The Labute approximate surface area is 109 Å². The van der Waals surface area contributed by atoms with E-state index in [1.54, 1.807) is 6.26 Å². The Kier molecular flexibility index (Phi) is 3.44. The molecule has 0 spiro atoms. The molecule has 1 aromatic rings. The first-order valence-electron chi connectivity index (χ1n) is 7.14. The molecule has 1 aliphatic carbocycles. The number of hydrogen-bond acceptors (Lipinski definition) is 3. The van der Waals surface area contributed by atoms with E-state index in [-0.39, 0.29) is 5.41 Å². The number of rotatable bonds is 5. The van der Waals surface area contributed by atoms with Crippen LogP contribution in [0.3, 0.4) is 0 Å². The molecule has 1 unspecified atom stereocenters. The van der Waals surface area contributed by atoms with E-state index in [1.807, 2.05) is 12.3 Å². The zero-order valence-electron chi connectivity index (χ0n) is 11.0. The van der Waals surface area contributed by atoms with Crippen molar-refractivity contribution in [2.24, 2.45) is 11.3 Å². The topological polar surface area (TPSA) is 36.6 Å². The van der Waals surface area contributed by atoms with Crippen LogP contribution in [0.4, 0.5) is 0 Å². The summed E-state index contributed by atoms with van der Waals surface area (Å²) >= 11 is 0. The predicted octanol–water partition coefficient (Wildman–Crippen LogP) is 2.65. The first kappa shape index (κ1) is 12.2. The van der Waals surface area contributed by atoms with E-state index in [9.17, 15) is 5.11 Å². The predicted molar refractivity (Wildman–Crippen MR) is 70.1 cm³/mol. The highest BCUT2D eigenvalue weighted by Crippen LogP contribution is 2.44. The van der Waals surface area contributed by atoms with Gasteiger partial charge >= 0.3 is 0 Å². The van der Waals surface area contributed by atoms with Crippen molar-refractivity contribution >= 4 is 0 Å². The molecule has 3 nitrogen and oxygen atoms in total. The maximum Gasteiger partial charge on any atom is 0.0947 e. The van der Waals surface area contributed by atoms with Crippen LogP contribution in [-0.4, -0.2) is 29.7 Å². The normalized spacial score (nSPS) is 29.6. The standard InChI is InChI=1S/C15H23NO2/c17-12-15(8-13-2-3-13)5-1-6-16(11-15)9-14-4-7-18-10-14/h4,7,10,13,17H,1-3,5-6,8-9,11-12H2. The molecule has 0 amide bonds. The summed E-state index contributed by atoms with van der Waals surface area (Å²) in [6, 6.07) is 2.04. The molecule has 1 aromatic heterocycles. The molecule has 2 heterocycles. The fraction of sp³-hybridized carbons (Fsp3) is 0.733. The van der Waals surface area contributed by atoms with E-state index >= 15 is 0 Å². The quantitative estimate of drug-likeness (QED) is 0.871. The summed E-state index contributed by atoms with van der Waals surface area (Å²) in [6.45, 7) is 3.51. The van der Waals surface area contributed by atoms with Gasteiger partial charge in [-0.15, -0.1) is 0 Å². The third-order valence-electron chi connectivity index (χ3n) is 4.48. The van der Waals surface area contributed by atoms with Crippen LogP contribution in [0, 0.1) is 11.3 Å². The lowest BCUT2D eigenvalue weighted by Gasteiger charge is -2.42. The molecule has 2 fully saturated rings. The van der Waals surface area contributed by atoms with E-state index in [0.29, 0.717) is 6.61 Å². The van der Waals surface area contributed by atoms with Crippen molar-refractivity contribution in [2.75, 3.05) is 19.7 Å². The van der Waals surface area contributed by atoms with Gasteiger partial charge < -0.3 is 9.52 Å². The fourth-order valence-electron chi connectivity index (χ4n) is 3.38. The van der Waals surface area contributed by atoms with Crippen LogP contribution in [0.25, 0.3) is 0 Å². The molecule has 2 aliphatic rings. The third-order valence-corrected chi connectivity index (χ3v) is 4.48. The third kappa shape index (κ3) is 2.78. The number of aliphatic hydroxyl groups is 1. The largest absolute Gasteiger partial charge is 0.472 e. The van der Waals surface area contributed by atoms with Crippen LogP contribution in [0.5, 0.6) is 0 Å². The van der Waals surface area contributed by atoms with Gasteiger partial charge in [-0.2, -0.15) is 0 Å². The molecule has 1 aliphatic heterocycles. The van der Waals surface area contributed by atoms with Crippen molar-refractivity contribution in [3.8, 4) is 0 Å². The lowest BCUT2D eigenvalue weighted by atomic mass is 9.76. The van der Waals surface area contributed by atoms with Crippen LogP contribution >= 0.6 is 0 Å². The molecule has 0 bridgehead atoms. The van der Waals surface area contributed by atoms with Gasteiger partial charge in [0.25, 0.3) is 0 Å². The molecular weight excluding hydrogens is 226 g/mol. The minimum Gasteiger partial charge on any atom is -0.472 e. The lowest BCUT2D eigenvalue weighted by Crippen LogP contribution is -2.45. The number of aliphatic hydroxyl groups excluding tert-OH is 1. The van der Waals surface area contributed by atoms with Gasteiger partial charge in [-0.3, -0.25) is 4.90 Å². The Bertz CT molecular complexity index is 372. The highest BCUT2D eigenvalue weighted by molar-refractivity contribution is 5.05. The van der Waals surface area contributed by atoms with Crippen LogP contribution in [0.2, 0.25) is 0 Å². The summed E-state index contributed by atoms with van der Waals surface area (Å²) in [7, 11) is 0. The van der Waals surface area contributed by atoms with E-state index < -0.39 is 0 Å². The molecule has 1 saturated heterocycles. The molecular formula is C15H23NO2. The average molecular weight is 249 g/mol. The van der Waals surface area contributed by atoms with Gasteiger partial charge in [0.2, 0.25) is 0 Å². The van der Waals surface area contributed by atoms with E-state index in [4.69, 9.17) is 4.42 Å². The van der Waals surface area contributed by atoms with Gasteiger partial charge in [-0.25, -0.2) is 0 Å². The second kappa shape index (κ2) is 5.06. The minimum atomic E-state index is 0.170. The molecule has 3 heteroatoms. The molecule has 18 heavy (non-hydrogen) atoms. The fourth-order valence-corrected chi connectivity index (χ4v) is 3.38. The van der Waals surface area contributed by atoms with Gasteiger partial charge in [-0.1, -0.05) is 12.8 Å². The molecule has 0 aromatic carbocycles. The zero-order valence-corrected chi connectivity index (χ0v) is 11.0. The summed E-state index contributed by atoms with van der Waals surface area (Å²) in [6.07, 6.45) is 9.96. The second-order valence-corrected chi connectivity index (χ2v) is 6.25. The Morgan fingerprint density at radius 3 is 3.00 bits per heavy atom. The summed E-state index contributed by atoms with van der Waals surface area (Å²) in [4.78, 5) is 2.48. The van der Waals surface area contributed by atoms with Crippen molar-refractivity contribution in [1.82, 2.24) is 4.90 Å². The average Bonchev–Trinajstić information content (AvgIpc) is 3.03. The number of nitrogens with zero attached hydrogens (tertiary/aromatic N) is 1. The summed E-state index contributed by atoms with van der Waals surface area (Å²) in [5, 5.41) is 9.82. The van der Waals surface area contributed by atoms with Crippen LogP contribution in [-0.2, 0) is 6.54 Å². The van der Waals surface area contributed by atoms with Crippen LogP contribution < -0.4 is 0 Å². The summed E-state index contributed by atoms with van der Waals surface area (Å²) < 4.78 is 5.13. The molecule has 3 rings (SSSR count). The van der Waals surface area contributed by atoms with Gasteiger partial charge in [0.05, 0.1) is 12.5 Å². The summed E-state index contributed by atoms with van der Waals surface area (Å²) in [5.74, 6) is 0.894. The SMILES string of the molecule is OCC1(CC2CC2)CCCN(Cc2ccoc2)C1. The number of hydrogen-bond donors (Lipinski definition) is 1. The van der Waals surface area contributed by atoms with E-state index in [2.05, 4.69) is 4.90 Å². The Morgan fingerprint density at radius 1 is 1.44 bits per heavy atom. The Balaban J connectivity index is 1.62. The first-order chi connectivity index (χ1) is 8.80. The number of likely N-dealkylation sites (tertiary alicyclic amines) is 1. The van der Waals surface area contributed by atoms with Gasteiger partial charge in [0, 0.05) is 30.7 Å². The molecule has 1 atom stereocenters. The summed E-state index contributed by atoms with van der Waals surface area (Å²) in [5.41, 5.74) is 1.42. The van der Waals surface area contributed by atoms with Gasteiger partial charge in [0.1, 0.15) is 0 Å². The molecule has 1 N–H and O–H groups in total. The molecule has 100 valence electrons. The highest BCUT2D eigenvalue weighted by atomic mass is 16.3. The Hall–Kier alpha value is -0.800. The smallest absolute Gasteiger partial charge is 0.0947 e. The lowest BCUT2D eigenvalue weighted by molar-refractivity contribution is 0.0180. The van der Waals surface area contributed by atoms with Crippen molar-refractivity contribution in [3.63, 3.8) is 0 Å². The number of furan rings is 1. The van der Waals surface area contributed by atoms with Crippen LogP contribution in [0.1, 0.15) is 37.7 Å². The van der Waals surface area contributed by atoms with E-state index in [1.165, 1.54) is 37.7 Å². The van der Waals surface area contributed by atoms with Crippen molar-refractivity contribution in [2.45, 2.75) is 38.6 Å². The van der Waals surface area contributed by atoms with Crippen molar-refractivity contribution in [1.29, 1.82) is 0 Å². The molecule has 0 radical (unpaired) electrons. The van der Waals surface area contributed by atoms with Crippen molar-refractivity contribution in [3.05, 3.63) is 24.2 Å². The maximum atomic E-state index is 9.82. The van der Waals surface area contributed by atoms with E-state index in [0.717, 1.165) is 25.6 Å². The number of piperidine rings is 1. The van der Waals surface area contributed by atoms with Crippen molar-refractivity contribution < 1.29 is 9.52 Å². The van der Waals surface area contributed by atoms with Gasteiger partial charge in [-0.05, 0) is 37.8 Å². The first-order valence-corrected chi connectivity index (χ1v) is 7.14. The van der Waals surface area contributed by atoms with Crippen LogP contribution in [0.15, 0.2) is 23.0 Å².